The number of guanidine groups is 1. The third-order valence-corrected chi connectivity index (χ3v) is 9.20. The Morgan fingerprint density at radius 2 is 1.00 bits per heavy atom. The zero-order valence-corrected chi connectivity index (χ0v) is 34.5. The van der Waals surface area contributed by atoms with Gasteiger partial charge in [-0.2, -0.15) is 0 Å². The van der Waals surface area contributed by atoms with Gasteiger partial charge in [0, 0.05) is 19.4 Å². The second kappa shape index (κ2) is 24.9. The van der Waals surface area contributed by atoms with Crippen molar-refractivity contribution in [2.24, 2.45) is 33.8 Å². The summed E-state index contributed by atoms with van der Waals surface area (Å²) in [5.74, 6) is -9.03. The molecule has 0 aliphatic heterocycles. The number of phenols is 2. The van der Waals surface area contributed by atoms with Crippen LogP contribution in [0.3, 0.4) is 0 Å². The predicted octanol–water partition coefficient (Wildman–Crippen LogP) is -4.20. The summed E-state index contributed by atoms with van der Waals surface area (Å²) in [6, 6.07) is 0.854. The Balaban J connectivity index is 2.47. The minimum atomic E-state index is -1.78. The molecule has 0 saturated heterocycles. The van der Waals surface area contributed by atoms with Crippen molar-refractivity contribution in [3.05, 3.63) is 59.7 Å². The van der Waals surface area contributed by atoms with Crippen LogP contribution in [0.25, 0.3) is 0 Å². The Morgan fingerprint density at radius 1 is 0.597 bits per heavy atom. The van der Waals surface area contributed by atoms with Crippen LogP contribution in [0.2, 0.25) is 0 Å². The van der Waals surface area contributed by atoms with E-state index in [0.717, 1.165) is 0 Å². The lowest BCUT2D eigenvalue weighted by Gasteiger charge is -2.27. The van der Waals surface area contributed by atoms with Gasteiger partial charge >= 0.3 is 5.97 Å². The summed E-state index contributed by atoms with van der Waals surface area (Å²) in [4.78, 5) is 109. The van der Waals surface area contributed by atoms with Crippen LogP contribution in [0, 0.1) is 5.92 Å². The van der Waals surface area contributed by atoms with Crippen LogP contribution in [-0.2, 0) is 51.2 Å². The van der Waals surface area contributed by atoms with Crippen molar-refractivity contribution in [1.82, 2.24) is 31.9 Å². The number of primary amides is 1. The molecule has 62 heavy (non-hydrogen) atoms. The van der Waals surface area contributed by atoms with Crippen molar-refractivity contribution < 1.29 is 58.8 Å². The summed E-state index contributed by atoms with van der Waals surface area (Å²) in [6.07, 6.45) is -1.40. The number of nitrogens with zero attached hydrogens (tertiary/aromatic N) is 1. The molecule has 7 atom stereocenters. The molecule has 0 heterocycles. The molecule has 0 bridgehead atoms. The standard InChI is InChI=1S/C39H57N11O12/c1-19(2)31(41)37(60)50-29(18-51)36(59)46-25(5-4-14-44-39(42)43)32(55)49-28(17-30(40)54)35(58)48-27(16-22-8-12-24(53)13-9-22)34(57)47-26(33(56)45-20(3)38(61)62)15-21-6-10-23(52)11-7-21/h6-13,19-20,25-29,31,51-53H,4-5,14-18,41H2,1-3H3,(H2,40,54)(H,45,56)(H,46,59)(H,47,57)(H,48,58)(H,49,55)(H,50,60)(H,61,62)(H4,42,43,44)/t20-,25-,26-,27-,28-,29-,31-/m0/s1. The average Bonchev–Trinajstić information content (AvgIpc) is 3.20. The highest BCUT2D eigenvalue weighted by molar-refractivity contribution is 5.98. The molecular formula is C39H57N11O12. The number of carbonyl (C=O) groups is 8. The maximum atomic E-state index is 14.0. The van der Waals surface area contributed by atoms with Gasteiger partial charge in [0.05, 0.1) is 19.1 Å². The van der Waals surface area contributed by atoms with E-state index in [9.17, 15) is 58.8 Å². The Bertz CT molecular complexity index is 1910. The highest BCUT2D eigenvalue weighted by Gasteiger charge is 2.34. The number of carboxylic acid groups (broad SMARTS) is 1. The fraction of sp³-hybridized carbons (Fsp3) is 0.462. The Morgan fingerprint density at radius 3 is 1.44 bits per heavy atom. The summed E-state index contributed by atoms with van der Waals surface area (Å²) >= 11 is 0. The third kappa shape index (κ3) is 17.7. The highest BCUT2D eigenvalue weighted by Crippen LogP contribution is 2.14. The SMILES string of the molecule is CC(C)[C@H](N)C(=O)N[C@@H](CO)C(=O)N[C@@H](CCCN=C(N)N)C(=O)N[C@@H](CC(N)=O)C(=O)N[C@@H](Cc1ccc(O)cc1)C(=O)N[C@@H](Cc1ccc(O)cc1)C(=O)N[C@@H](C)C(=O)O. The first kappa shape index (κ1) is 51.1. The number of carboxylic acids is 1. The minimum absolute atomic E-state index is 0.00831. The Labute approximate surface area is 356 Å². The summed E-state index contributed by atoms with van der Waals surface area (Å²) in [6.45, 7) is 3.63. The van der Waals surface area contributed by atoms with Gasteiger partial charge in [0.15, 0.2) is 5.96 Å². The number of nitrogens with two attached hydrogens (primary N) is 4. The number of phenolic OH excluding ortho intramolecular Hbond substituents is 2. The number of aliphatic hydroxyl groups is 1. The number of hydrogen-bond donors (Lipinski definition) is 14. The number of carbonyl (C=O) groups excluding carboxylic acids is 7. The molecule has 0 radical (unpaired) electrons. The first-order valence-electron chi connectivity index (χ1n) is 19.4. The van der Waals surface area contributed by atoms with Crippen molar-refractivity contribution in [3.8, 4) is 11.5 Å². The van der Waals surface area contributed by atoms with Gasteiger partial charge in [-0.25, -0.2) is 0 Å². The number of hydrogen-bond acceptors (Lipinski definition) is 13. The van der Waals surface area contributed by atoms with Gasteiger partial charge in [-0.3, -0.25) is 43.3 Å². The van der Waals surface area contributed by atoms with Crippen LogP contribution in [-0.4, -0.2) is 129 Å². The van der Waals surface area contributed by atoms with Crippen LogP contribution >= 0.6 is 0 Å². The van der Waals surface area contributed by atoms with Crippen molar-refractivity contribution in [2.45, 2.75) is 95.2 Å². The first-order chi connectivity index (χ1) is 29.1. The number of aliphatic imine (C=N–C) groups is 1. The van der Waals surface area contributed by atoms with Gasteiger partial charge < -0.3 is 75.3 Å². The number of amides is 7. The maximum absolute atomic E-state index is 14.0. The zero-order chi connectivity index (χ0) is 46.7. The van der Waals surface area contributed by atoms with Gasteiger partial charge in [0.25, 0.3) is 0 Å². The molecule has 2 aromatic rings. The van der Waals surface area contributed by atoms with E-state index >= 15 is 0 Å². The van der Waals surface area contributed by atoms with Crippen molar-refractivity contribution >= 4 is 53.3 Å². The normalized spacial score (nSPS) is 14.3. The highest BCUT2D eigenvalue weighted by atomic mass is 16.4. The lowest BCUT2D eigenvalue weighted by molar-refractivity contribution is -0.141. The molecule has 0 aliphatic carbocycles. The number of benzene rings is 2. The first-order valence-corrected chi connectivity index (χ1v) is 19.4. The second-order valence-electron chi connectivity index (χ2n) is 14.7. The largest absolute Gasteiger partial charge is 0.508 e. The minimum Gasteiger partial charge on any atom is -0.508 e. The van der Waals surface area contributed by atoms with Crippen molar-refractivity contribution in [3.63, 3.8) is 0 Å². The van der Waals surface area contributed by atoms with Crippen LogP contribution in [0.5, 0.6) is 11.5 Å². The van der Waals surface area contributed by atoms with Gasteiger partial charge in [-0.15, -0.1) is 0 Å². The molecule has 23 heteroatoms. The van der Waals surface area contributed by atoms with Gasteiger partial charge in [0.1, 0.15) is 47.8 Å². The zero-order valence-electron chi connectivity index (χ0n) is 34.5. The molecule has 23 nitrogen and oxygen atoms in total. The van der Waals surface area contributed by atoms with E-state index in [1.54, 1.807) is 13.8 Å². The average molecular weight is 872 g/mol. The summed E-state index contributed by atoms with van der Waals surface area (Å²) in [7, 11) is 0. The summed E-state index contributed by atoms with van der Waals surface area (Å²) in [5.41, 5.74) is 22.9. The molecule has 0 fully saturated rings. The molecule has 0 aromatic heterocycles. The molecule has 0 unspecified atom stereocenters. The predicted molar refractivity (Wildman–Crippen MR) is 222 cm³/mol. The maximum Gasteiger partial charge on any atom is 0.325 e. The fourth-order valence-corrected chi connectivity index (χ4v) is 5.57. The van der Waals surface area contributed by atoms with Crippen molar-refractivity contribution in [2.75, 3.05) is 13.2 Å². The van der Waals surface area contributed by atoms with Gasteiger partial charge in [-0.1, -0.05) is 38.1 Å². The summed E-state index contributed by atoms with van der Waals surface area (Å²) < 4.78 is 0. The Hall–Kier alpha value is -7.01. The fourth-order valence-electron chi connectivity index (χ4n) is 5.57. The molecule has 7 amide bonds. The molecule has 18 N–H and O–H groups in total. The molecular weight excluding hydrogens is 814 g/mol. The van der Waals surface area contributed by atoms with E-state index in [1.165, 1.54) is 55.5 Å². The number of aromatic hydroxyl groups is 2. The second-order valence-corrected chi connectivity index (χ2v) is 14.7. The van der Waals surface area contributed by atoms with Crippen LogP contribution in [0.4, 0.5) is 0 Å². The van der Waals surface area contributed by atoms with Crippen LogP contribution < -0.4 is 54.8 Å². The van der Waals surface area contributed by atoms with Crippen LogP contribution in [0.15, 0.2) is 53.5 Å². The lowest BCUT2D eigenvalue weighted by atomic mass is 10.0. The van der Waals surface area contributed by atoms with E-state index < -0.39 is 103 Å². The van der Waals surface area contributed by atoms with Crippen LogP contribution in [0.1, 0.15) is 51.2 Å². The number of nitrogens with one attached hydrogen (secondary N) is 6. The third-order valence-electron chi connectivity index (χ3n) is 9.20. The van der Waals surface area contributed by atoms with Crippen molar-refractivity contribution in [1.29, 1.82) is 0 Å². The van der Waals surface area contributed by atoms with E-state index in [2.05, 4.69) is 36.9 Å². The van der Waals surface area contributed by atoms with E-state index in [-0.39, 0.29) is 55.6 Å². The number of rotatable bonds is 25. The van der Waals surface area contributed by atoms with E-state index in [4.69, 9.17) is 22.9 Å². The Kier molecular flexibility index (Phi) is 20.6. The van der Waals surface area contributed by atoms with E-state index in [1.807, 2.05) is 0 Å². The smallest absolute Gasteiger partial charge is 0.325 e. The quantitative estimate of drug-likeness (QED) is 0.0256. The number of aliphatic carboxylic acids is 1. The lowest BCUT2D eigenvalue weighted by Crippen LogP contribution is -2.61. The van der Waals surface area contributed by atoms with E-state index in [0.29, 0.717) is 11.1 Å². The molecule has 0 spiro atoms. The topological polar surface area (TPSA) is 406 Å². The van der Waals surface area contributed by atoms with Gasteiger partial charge in [0.2, 0.25) is 41.4 Å². The molecule has 340 valence electrons. The molecule has 0 saturated carbocycles. The van der Waals surface area contributed by atoms with Gasteiger partial charge in [-0.05, 0) is 61.1 Å². The molecule has 2 aromatic carbocycles. The summed E-state index contributed by atoms with van der Waals surface area (Å²) in [5, 5.41) is 53.2. The number of aliphatic hydroxyl groups excluding tert-OH is 1. The monoisotopic (exact) mass is 871 g/mol. The molecule has 2 rings (SSSR count). The molecule has 0 aliphatic rings.